The third-order valence-corrected chi connectivity index (χ3v) is 6.04. The molecule has 0 bridgehead atoms. The summed E-state index contributed by atoms with van der Waals surface area (Å²) < 4.78 is 40.9. The fourth-order valence-electron chi connectivity index (χ4n) is 3.27. The highest BCUT2D eigenvalue weighted by Crippen LogP contribution is 2.34. The molecule has 1 aliphatic heterocycles. The normalized spacial score (nSPS) is 17.5. The van der Waals surface area contributed by atoms with Crippen LogP contribution in [0.2, 0.25) is 5.02 Å². The zero-order valence-electron chi connectivity index (χ0n) is 15.1. The average Bonchev–Trinajstić information content (AvgIpc) is 3.15. The van der Waals surface area contributed by atoms with Gasteiger partial charge in [0, 0.05) is 23.6 Å². The first-order valence-electron chi connectivity index (χ1n) is 9.11. The maximum absolute atomic E-state index is 13.4. The van der Waals surface area contributed by atoms with E-state index in [9.17, 15) is 13.2 Å². The molecule has 1 atom stereocenters. The highest BCUT2D eigenvalue weighted by Gasteiger charge is 2.32. The van der Waals surface area contributed by atoms with Crippen molar-refractivity contribution in [3.05, 3.63) is 68.1 Å². The van der Waals surface area contributed by atoms with Gasteiger partial charge < -0.3 is 10.6 Å². The second kappa shape index (κ2) is 9.44. The zero-order valence-corrected chi connectivity index (χ0v) is 17.5. The summed E-state index contributed by atoms with van der Waals surface area (Å²) in [5.74, 6) is 0. The van der Waals surface area contributed by atoms with Crippen LogP contribution in [-0.2, 0) is 12.7 Å². The molecule has 1 aliphatic rings. The van der Waals surface area contributed by atoms with Crippen molar-refractivity contribution < 1.29 is 13.2 Å². The number of nitrogens with one attached hydrogen (secondary N) is 2. The number of hydrogen-bond acceptors (Lipinski definition) is 2. The van der Waals surface area contributed by atoms with Crippen LogP contribution < -0.4 is 10.6 Å². The van der Waals surface area contributed by atoms with Gasteiger partial charge in [0.05, 0.1) is 10.6 Å². The molecule has 2 N–H and O–H groups in total. The lowest BCUT2D eigenvalue weighted by Crippen LogP contribution is -2.33. The molecule has 2 aromatic carbocycles. The molecule has 0 unspecified atom stereocenters. The first kappa shape index (κ1) is 21.4. The van der Waals surface area contributed by atoms with Crippen LogP contribution >= 0.6 is 27.5 Å². The third-order valence-electron chi connectivity index (χ3n) is 4.73. The Kier molecular flexibility index (Phi) is 7.20. The molecular weight excluding hydrogens is 453 g/mol. The second-order valence-electron chi connectivity index (χ2n) is 6.82. The molecule has 2 aromatic rings. The van der Waals surface area contributed by atoms with Crippen molar-refractivity contribution in [2.45, 2.75) is 31.6 Å². The summed E-state index contributed by atoms with van der Waals surface area (Å²) in [5, 5.41) is 7.18. The highest BCUT2D eigenvalue weighted by molar-refractivity contribution is 9.10. The predicted octanol–water partition coefficient (Wildman–Crippen LogP) is 6.13. The maximum Gasteiger partial charge on any atom is 0.416 e. The molecule has 0 aromatic heterocycles. The van der Waals surface area contributed by atoms with Crippen molar-refractivity contribution in [1.82, 2.24) is 10.6 Å². The van der Waals surface area contributed by atoms with E-state index in [4.69, 9.17) is 11.6 Å². The Bertz CT molecular complexity index is 846. The Hall–Kier alpha value is -1.34. The molecule has 0 saturated carbocycles. The van der Waals surface area contributed by atoms with Crippen molar-refractivity contribution in [2.24, 2.45) is 0 Å². The van der Waals surface area contributed by atoms with E-state index in [-0.39, 0.29) is 5.56 Å². The third kappa shape index (κ3) is 5.60. The SMILES string of the molecule is FC(F)(F)c1ccc(CNC[C@@H]2CCCN2)cc1/C=C/c1cccc(Br)c1Cl. The molecule has 0 aliphatic carbocycles. The maximum atomic E-state index is 13.4. The van der Waals surface area contributed by atoms with Gasteiger partial charge in [-0.05, 0) is 70.2 Å². The van der Waals surface area contributed by atoms with Gasteiger partial charge >= 0.3 is 6.18 Å². The van der Waals surface area contributed by atoms with E-state index in [0.29, 0.717) is 27.6 Å². The first-order chi connectivity index (χ1) is 13.3. The average molecular weight is 474 g/mol. The molecule has 150 valence electrons. The fourth-order valence-corrected chi connectivity index (χ4v) is 3.84. The van der Waals surface area contributed by atoms with Gasteiger partial charge in [-0.1, -0.05) is 42.0 Å². The molecule has 0 spiro atoms. The Morgan fingerprint density at radius 1 is 1.18 bits per heavy atom. The first-order valence-corrected chi connectivity index (χ1v) is 10.3. The van der Waals surface area contributed by atoms with E-state index in [2.05, 4.69) is 26.6 Å². The predicted molar refractivity (Wildman–Crippen MR) is 112 cm³/mol. The van der Waals surface area contributed by atoms with E-state index < -0.39 is 11.7 Å². The summed E-state index contributed by atoms with van der Waals surface area (Å²) in [6, 6.07) is 10.0. The van der Waals surface area contributed by atoms with Crippen molar-refractivity contribution in [1.29, 1.82) is 0 Å². The van der Waals surface area contributed by atoms with Gasteiger partial charge in [0.2, 0.25) is 0 Å². The molecule has 0 amide bonds. The molecular formula is C21H21BrClF3N2. The van der Waals surface area contributed by atoms with E-state index in [0.717, 1.165) is 31.1 Å². The topological polar surface area (TPSA) is 24.1 Å². The standard InChI is InChI=1S/C21H21BrClF3N2/c22-19-5-1-3-15(20(19)23)7-8-16-11-14(6-9-18(16)21(24,25)26)12-27-13-17-4-2-10-28-17/h1,3,5-9,11,17,27-28H,2,4,10,12-13H2/b8-7+/t17-/m0/s1. The summed E-state index contributed by atoms with van der Waals surface area (Å²) >= 11 is 9.54. The second-order valence-corrected chi connectivity index (χ2v) is 8.05. The van der Waals surface area contributed by atoms with E-state index in [1.807, 2.05) is 0 Å². The molecule has 2 nitrogen and oxygen atoms in total. The summed E-state index contributed by atoms with van der Waals surface area (Å²) in [6.45, 7) is 2.36. The van der Waals surface area contributed by atoms with Crippen molar-refractivity contribution in [3.8, 4) is 0 Å². The molecule has 28 heavy (non-hydrogen) atoms. The summed E-state index contributed by atoms with van der Waals surface area (Å²) in [7, 11) is 0. The Morgan fingerprint density at radius 3 is 2.68 bits per heavy atom. The molecule has 7 heteroatoms. The molecule has 3 rings (SSSR count). The van der Waals surface area contributed by atoms with Crippen LogP contribution in [0, 0.1) is 0 Å². The Labute approximate surface area is 176 Å². The van der Waals surface area contributed by atoms with Crippen LogP contribution in [0.4, 0.5) is 13.2 Å². The van der Waals surface area contributed by atoms with Gasteiger partial charge in [0.1, 0.15) is 0 Å². The number of rotatable bonds is 6. The summed E-state index contributed by atoms with van der Waals surface area (Å²) in [6.07, 6.45) is 0.956. The lowest BCUT2D eigenvalue weighted by Gasteiger charge is -2.14. The van der Waals surface area contributed by atoms with Crippen LogP contribution in [0.5, 0.6) is 0 Å². The van der Waals surface area contributed by atoms with Crippen LogP contribution in [0.25, 0.3) is 12.2 Å². The molecule has 1 heterocycles. The summed E-state index contributed by atoms with van der Waals surface area (Å²) in [5.41, 5.74) is 0.934. The van der Waals surface area contributed by atoms with Crippen molar-refractivity contribution in [2.75, 3.05) is 13.1 Å². The number of alkyl halides is 3. The van der Waals surface area contributed by atoms with Gasteiger partial charge in [0.25, 0.3) is 0 Å². The Balaban J connectivity index is 1.79. The van der Waals surface area contributed by atoms with Crippen LogP contribution in [0.3, 0.4) is 0 Å². The minimum Gasteiger partial charge on any atom is -0.313 e. The fraction of sp³-hybridized carbons (Fsp3) is 0.333. The van der Waals surface area contributed by atoms with Crippen molar-refractivity contribution >= 4 is 39.7 Å². The minimum absolute atomic E-state index is 0.127. The van der Waals surface area contributed by atoms with Gasteiger partial charge in [-0.2, -0.15) is 13.2 Å². The quantitative estimate of drug-likeness (QED) is 0.493. The summed E-state index contributed by atoms with van der Waals surface area (Å²) in [4.78, 5) is 0. The molecule has 1 saturated heterocycles. The molecule has 1 fully saturated rings. The van der Waals surface area contributed by atoms with Gasteiger partial charge in [-0.15, -0.1) is 0 Å². The Morgan fingerprint density at radius 2 is 1.96 bits per heavy atom. The molecule has 0 radical (unpaired) electrons. The van der Waals surface area contributed by atoms with E-state index >= 15 is 0 Å². The monoisotopic (exact) mass is 472 g/mol. The zero-order chi connectivity index (χ0) is 20.1. The van der Waals surface area contributed by atoms with Crippen LogP contribution in [0.1, 0.15) is 35.1 Å². The van der Waals surface area contributed by atoms with Gasteiger partial charge in [-0.25, -0.2) is 0 Å². The van der Waals surface area contributed by atoms with E-state index in [1.54, 1.807) is 30.3 Å². The van der Waals surface area contributed by atoms with Gasteiger partial charge in [0.15, 0.2) is 0 Å². The lowest BCUT2D eigenvalue weighted by atomic mass is 10.0. The largest absolute Gasteiger partial charge is 0.416 e. The lowest BCUT2D eigenvalue weighted by molar-refractivity contribution is -0.137. The number of hydrogen-bond donors (Lipinski definition) is 2. The highest BCUT2D eigenvalue weighted by atomic mass is 79.9. The van der Waals surface area contributed by atoms with Crippen LogP contribution in [0.15, 0.2) is 40.9 Å². The van der Waals surface area contributed by atoms with Crippen LogP contribution in [-0.4, -0.2) is 19.1 Å². The minimum atomic E-state index is -4.42. The number of halogens is 5. The van der Waals surface area contributed by atoms with Gasteiger partial charge in [-0.3, -0.25) is 0 Å². The smallest absolute Gasteiger partial charge is 0.313 e. The number of benzene rings is 2. The van der Waals surface area contributed by atoms with E-state index in [1.165, 1.54) is 18.6 Å². The van der Waals surface area contributed by atoms with Crippen molar-refractivity contribution in [3.63, 3.8) is 0 Å².